The number of nitrogens with two attached hydrogens (primary N) is 1. The minimum atomic E-state index is -4.85. The highest BCUT2D eigenvalue weighted by Gasteiger charge is 2.33. The van der Waals surface area contributed by atoms with Gasteiger partial charge in [-0.25, -0.2) is 0 Å². The molecule has 4 nitrogen and oxygen atoms in total. The first kappa shape index (κ1) is 14.9. The third-order valence-electron chi connectivity index (χ3n) is 3.39. The van der Waals surface area contributed by atoms with E-state index in [2.05, 4.69) is 4.74 Å². The zero-order chi connectivity index (χ0) is 14.8. The van der Waals surface area contributed by atoms with Crippen molar-refractivity contribution in [2.24, 2.45) is 11.7 Å². The molecule has 1 aliphatic heterocycles. The van der Waals surface area contributed by atoms with Crippen molar-refractivity contribution < 1.29 is 27.8 Å². The van der Waals surface area contributed by atoms with Crippen molar-refractivity contribution in [1.29, 1.82) is 0 Å². The van der Waals surface area contributed by atoms with Gasteiger partial charge in [0.25, 0.3) is 0 Å². The van der Waals surface area contributed by atoms with Gasteiger partial charge in [0.05, 0.1) is 0 Å². The molecule has 0 amide bonds. The molecule has 20 heavy (non-hydrogen) atoms. The molecule has 0 bridgehead atoms. The highest BCUT2D eigenvalue weighted by Crippen LogP contribution is 2.39. The normalized spacial score (nSPS) is 18.8. The second-order valence-corrected chi connectivity index (χ2v) is 4.72. The van der Waals surface area contributed by atoms with Gasteiger partial charge in [-0.15, -0.1) is 13.2 Å². The summed E-state index contributed by atoms with van der Waals surface area (Å²) in [4.78, 5) is 0. The first-order chi connectivity index (χ1) is 9.38. The third-order valence-corrected chi connectivity index (χ3v) is 3.39. The number of benzene rings is 1. The number of hydrogen-bond donors (Lipinski definition) is 2. The zero-order valence-corrected chi connectivity index (χ0v) is 10.7. The Hall–Kier alpha value is -1.47. The van der Waals surface area contributed by atoms with Crippen molar-refractivity contribution >= 4 is 0 Å². The van der Waals surface area contributed by atoms with Crippen LogP contribution in [-0.4, -0.2) is 24.7 Å². The molecule has 1 heterocycles. The van der Waals surface area contributed by atoms with Gasteiger partial charge in [0.2, 0.25) is 0 Å². The summed E-state index contributed by atoms with van der Waals surface area (Å²) in [5.74, 6) is -1.11. The van der Waals surface area contributed by atoms with E-state index in [0.29, 0.717) is 26.1 Å². The molecule has 0 aromatic heterocycles. The van der Waals surface area contributed by atoms with Crippen LogP contribution < -0.4 is 10.5 Å². The largest absolute Gasteiger partial charge is 0.573 e. The molecule has 3 N–H and O–H groups in total. The molecule has 1 aliphatic rings. The van der Waals surface area contributed by atoms with E-state index < -0.39 is 23.9 Å². The number of halogens is 3. The molecule has 1 fully saturated rings. The minimum Gasteiger partial charge on any atom is -0.504 e. The zero-order valence-electron chi connectivity index (χ0n) is 10.7. The van der Waals surface area contributed by atoms with Crippen LogP contribution in [0.25, 0.3) is 0 Å². The molecule has 1 aromatic rings. The fourth-order valence-electron chi connectivity index (χ4n) is 2.34. The van der Waals surface area contributed by atoms with E-state index in [4.69, 9.17) is 10.5 Å². The second-order valence-electron chi connectivity index (χ2n) is 4.72. The summed E-state index contributed by atoms with van der Waals surface area (Å²) < 4.78 is 45.7. The van der Waals surface area contributed by atoms with E-state index in [1.165, 1.54) is 12.1 Å². The lowest BCUT2D eigenvalue weighted by Gasteiger charge is -2.28. The Morgan fingerprint density at radius 2 is 1.95 bits per heavy atom. The highest BCUT2D eigenvalue weighted by atomic mass is 19.4. The summed E-state index contributed by atoms with van der Waals surface area (Å²) >= 11 is 0. The Kier molecular flexibility index (Phi) is 4.39. The van der Waals surface area contributed by atoms with Crippen molar-refractivity contribution in [3.05, 3.63) is 23.8 Å². The lowest BCUT2D eigenvalue weighted by molar-refractivity contribution is -0.275. The van der Waals surface area contributed by atoms with E-state index in [9.17, 15) is 18.3 Å². The summed E-state index contributed by atoms with van der Waals surface area (Å²) in [5, 5.41) is 9.92. The van der Waals surface area contributed by atoms with E-state index in [-0.39, 0.29) is 11.5 Å². The molecule has 0 unspecified atom stereocenters. The topological polar surface area (TPSA) is 64.7 Å². The van der Waals surface area contributed by atoms with E-state index >= 15 is 0 Å². The molecular weight excluding hydrogens is 275 g/mol. The minimum absolute atomic E-state index is 0.0655. The number of ether oxygens (including phenoxy) is 2. The maximum absolute atomic E-state index is 12.2. The van der Waals surface area contributed by atoms with Crippen molar-refractivity contribution in [3.63, 3.8) is 0 Å². The Morgan fingerprint density at radius 3 is 2.55 bits per heavy atom. The Bertz CT molecular complexity index is 459. The summed E-state index contributed by atoms with van der Waals surface area (Å²) in [7, 11) is 0. The summed E-state index contributed by atoms with van der Waals surface area (Å²) in [6, 6.07) is 3.41. The number of aromatic hydroxyl groups is 1. The molecule has 1 aromatic carbocycles. The highest BCUT2D eigenvalue weighted by molar-refractivity contribution is 5.47. The SMILES string of the molecule is N[C@H](c1cccc(OC(F)(F)F)c1O)C1CCOCC1. The van der Waals surface area contributed by atoms with Gasteiger partial charge in [-0.3, -0.25) is 0 Å². The predicted octanol–water partition coefficient (Wildman–Crippen LogP) is 2.72. The predicted molar refractivity (Wildman–Crippen MR) is 65.3 cm³/mol. The van der Waals surface area contributed by atoms with Crippen LogP contribution in [0.1, 0.15) is 24.4 Å². The molecule has 1 saturated heterocycles. The van der Waals surface area contributed by atoms with Gasteiger partial charge >= 0.3 is 6.36 Å². The third kappa shape index (κ3) is 3.55. The van der Waals surface area contributed by atoms with Gasteiger partial charge in [0.15, 0.2) is 11.5 Å². The van der Waals surface area contributed by atoms with Gasteiger partial charge in [0.1, 0.15) is 0 Å². The maximum Gasteiger partial charge on any atom is 0.573 e. The van der Waals surface area contributed by atoms with Crippen molar-refractivity contribution in [3.8, 4) is 11.5 Å². The van der Waals surface area contributed by atoms with Gasteiger partial charge in [-0.05, 0) is 24.8 Å². The molecule has 2 rings (SSSR count). The van der Waals surface area contributed by atoms with Crippen LogP contribution >= 0.6 is 0 Å². The van der Waals surface area contributed by atoms with Crippen molar-refractivity contribution in [2.45, 2.75) is 25.2 Å². The fourth-order valence-corrected chi connectivity index (χ4v) is 2.34. The van der Waals surface area contributed by atoms with Crippen molar-refractivity contribution in [2.75, 3.05) is 13.2 Å². The smallest absolute Gasteiger partial charge is 0.504 e. The number of alkyl halides is 3. The average molecular weight is 291 g/mol. The summed E-state index contributed by atoms with van der Waals surface area (Å²) in [6.45, 7) is 1.13. The van der Waals surface area contributed by atoms with Gasteiger partial charge in [0, 0.05) is 24.8 Å². The number of rotatable bonds is 3. The lowest BCUT2D eigenvalue weighted by atomic mass is 9.87. The van der Waals surface area contributed by atoms with Crippen molar-refractivity contribution in [1.82, 2.24) is 0 Å². The molecule has 0 radical (unpaired) electrons. The standard InChI is InChI=1S/C13H16F3NO3/c14-13(15,16)20-10-3-1-2-9(12(10)18)11(17)8-4-6-19-7-5-8/h1-3,8,11,18H,4-7,17H2/t11-/m0/s1. The number of phenols is 1. The second kappa shape index (κ2) is 5.88. The van der Waals surface area contributed by atoms with E-state index in [0.717, 1.165) is 6.07 Å². The Labute approximate surface area is 114 Å². The maximum atomic E-state index is 12.2. The molecule has 112 valence electrons. The van der Waals surface area contributed by atoms with Crippen LogP contribution in [0.3, 0.4) is 0 Å². The Morgan fingerprint density at radius 1 is 1.30 bits per heavy atom. The van der Waals surface area contributed by atoms with Crippen LogP contribution in [0.4, 0.5) is 13.2 Å². The number of hydrogen-bond acceptors (Lipinski definition) is 4. The number of phenolic OH excluding ortho intramolecular Hbond substituents is 1. The molecule has 0 aliphatic carbocycles. The van der Waals surface area contributed by atoms with Crippen LogP contribution in [0.5, 0.6) is 11.5 Å². The Balaban J connectivity index is 2.21. The first-order valence-electron chi connectivity index (χ1n) is 6.29. The molecule has 1 atom stereocenters. The van der Waals surface area contributed by atoms with E-state index in [1.807, 2.05) is 0 Å². The first-order valence-corrected chi connectivity index (χ1v) is 6.29. The molecule has 0 spiro atoms. The van der Waals surface area contributed by atoms with E-state index in [1.54, 1.807) is 0 Å². The van der Waals surface area contributed by atoms with Crippen LogP contribution in [0, 0.1) is 5.92 Å². The van der Waals surface area contributed by atoms with Gasteiger partial charge in [-0.1, -0.05) is 12.1 Å². The lowest BCUT2D eigenvalue weighted by Crippen LogP contribution is -2.27. The fraction of sp³-hybridized carbons (Fsp3) is 0.538. The molecule has 0 saturated carbocycles. The summed E-state index contributed by atoms with van der Waals surface area (Å²) in [5.41, 5.74) is 6.31. The average Bonchev–Trinajstić information content (AvgIpc) is 2.40. The quantitative estimate of drug-likeness (QED) is 0.898. The molecule has 7 heteroatoms. The van der Waals surface area contributed by atoms with Crippen LogP contribution in [-0.2, 0) is 4.74 Å². The number of para-hydroxylation sites is 1. The van der Waals surface area contributed by atoms with Gasteiger partial charge < -0.3 is 20.3 Å². The van der Waals surface area contributed by atoms with Gasteiger partial charge in [-0.2, -0.15) is 0 Å². The van der Waals surface area contributed by atoms with Crippen LogP contribution in [0.2, 0.25) is 0 Å². The van der Waals surface area contributed by atoms with Crippen LogP contribution in [0.15, 0.2) is 18.2 Å². The molecular formula is C13H16F3NO3. The monoisotopic (exact) mass is 291 g/mol. The summed E-state index contributed by atoms with van der Waals surface area (Å²) in [6.07, 6.45) is -3.42.